The highest BCUT2D eigenvalue weighted by Crippen LogP contribution is 2.35. The highest BCUT2D eigenvalue weighted by molar-refractivity contribution is 7.92. The summed E-state index contributed by atoms with van der Waals surface area (Å²) in [6.45, 7) is 1.86. The SMILES string of the molecule is COc1ccc([C@H](NC(=O)c2ccc3c(c2)C[C@H](C)N3S(C)(=O)=O)c2nccn2C)cc1. The molecule has 0 radical (unpaired) electrons. The van der Waals surface area contributed by atoms with E-state index >= 15 is 0 Å². The number of benzene rings is 2. The van der Waals surface area contributed by atoms with Crippen molar-refractivity contribution in [1.29, 1.82) is 0 Å². The first-order valence-electron chi connectivity index (χ1n) is 10.2. The number of nitrogens with zero attached hydrogens (tertiary/aromatic N) is 3. The predicted octanol–water partition coefficient (Wildman–Crippen LogP) is 2.66. The van der Waals surface area contributed by atoms with Crippen LogP contribution in [0.4, 0.5) is 5.69 Å². The predicted molar refractivity (Wildman–Crippen MR) is 122 cm³/mol. The van der Waals surface area contributed by atoms with E-state index in [0.29, 0.717) is 23.5 Å². The molecule has 0 unspecified atom stereocenters. The van der Waals surface area contributed by atoms with E-state index in [4.69, 9.17) is 4.74 Å². The molecule has 3 aromatic rings. The average molecular weight is 455 g/mol. The molecule has 0 fully saturated rings. The van der Waals surface area contributed by atoms with Gasteiger partial charge in [0, 0.05) is 31.0 Å². The fourth-order valence-electron chi connectivity index (χ4n) is 4.21. The van der Waals surface area contributed by atoms with Gasteiger partial charge in [0.15, 0.2) is 0 Å². The van der Waals surface area contributed by atoms with Gasteiger partial charge in [0.05, 0.1) is 19.1 Å². The molecule has 4 rings (SSSR count). The fraction of sp³-hybridized carbons (Fsp3) is 0.304. The van der Waals surface area contributed by atoms with Gasteiger partial charge in [-0.05, 0) is 54.8 Å². The van der Waals surface area contributed by atoms with Gasteiger partial charge in [-0.25, -0.2) is 13.4 Å². The molecular formula is C23H26N4O4S. The van der Waals surface area contributed by atoms with Crippen LogP contribution in [0, 0.1) is 0 Å². The van der Waals surface area contributed by atoms with Crippen LogP contribution < -0.4 is 14.4 Å². The Morgan fingerprint density at radius 1 is 1.22 bits per heavy atom. The summed E-state index contributed by atoms with van der Waals surface area (Å²) in [5, 5.41) is 3.08. The Bertz CT molecular complexity index is 1250. The fourth-order valence-corrected chi connectivity index (χ4v) is 5.48. The van der Waals surface area contributed by atoms with E-state index in [-0.39, 0.29) is 11.9 Å². The quantitative estimate of drug-likeness (QED) is 0.618. The van der Waals surface area contributed by atoms with Crippen molar-refractivity contribution < 1.29 is 17.9 Å². The molecule has 32 heavy (non-hydrogen) atoms. The zero-order valence-electron chi connectivity index (χ0n) is 18.4. The molecule has 1 aliphatic rings. The van der Waals surface area contributed by atoms with Gasteiger partial charge in [-0.1, -0.05) is 12.1 Å². The summed E-state index contributed by atoms with van der Waals surface area (Å²) in [4.78, 5) is 17.6. The minimum Gasteiger partial charge on any atom is -0.497 e. The molecule has 0 spiro atoms. The van der Waals surface area contributed by atoms with Gasteiger partial charge in [-0.2, -0.15) is 0 Å². The number of fused-ring (bicyclic) bond motifs is 1. The maximum absolute atomic E-state index is 13.2. The molecule has 168 valence electrons. The molecule has 0 saturated carbocycles. The Morgan fingerprint density at radius 3 is 2.53 bits per heavy atom. The van der Waals surface area contributed by atoms with E-state index in [0.717, 1.165) is 16.9 Å². The van der Waals surface area contributed by atoms with Crippen molar-refractivity contribution in [3.8, 4) is 5.75 Å². The summed E-state index contributed by atoms with van der Waals surface area (Å²) in [6.07, 6.45) is 5.28. The number of ether oxygens (including phenoxy) is 1. The molecule has 0 saturated heterocycles. The van der Waals surface area contributed by atoms with E-state index in [2.05, 4.69) is 10.3 Å². The van der Waals surface area contributed by atoms with E-state index < -0.39 is 16.1 Å². The minimum atomic E-state index is -3.38. The number of hydrogen-bond donors (Lipinski definition) is 1. The number of carbonyl (C=O) groups excluding carboxylic acids is 1. The standard InChI is InChI=1S/C23H26N4O4S/c1-15-13-18-14-17(7-10-20(18)27(15)32(4,29)30)23(28)25-21(22-24-11-12-26(22)2)16-5-8-19(31-3)9-6-16/h5-12,14-15,21H,13H2,1-4H3,(H,25,28)/t15-,21-/m0/s1. The molecule has 8 nitrogen and oxygen atoms in total. The van der Waals surface area contributed by atoms with Crippen LogP contribution in [0.1, 0.15) is 40.3 Å². The number of anilines is 1. The smallest absolute Gasteiger partial charge is 0.252 e. The Kier molecular flexibility index (Phi) is 5.68. The number of carbonyl (C=O) groups is 1. The highest BCUT2D eigenvalue weighted by atomic mass is 32.2. The van der Waals surface area contributed by atoms with Gasteiger partial charge < -0.3 is 14.6 Å². The van der Waals surface area contributed by atoms with E-state index in [1.807, 2.05) is 49.0 Å². The van der Waals surface area contributed by atoms with Crippen molar-refractivity contribution in [2.75, 3.05) is 17.7 Å². The topological polar surface area (TPSA) is 93.5 Å². The number of aromatic nitrogens is 2. The molecule has 1 aliphatic heterocycles. The van der Waals surface area contributed by atoms with E-state index in [1.165, 1.54) is 10.6 Å². The lowest BCUT2D eigenvalue weighted by molar-refractivity contribution is 0.0941. The van der Waals surface area contributed by atoms with Crippen molar-refractivity contribution >= 4 is 21.6 Å². The third-order valence-electron chi connectivity index (χ3n) is 5.69. The second-order valence-electron chi connectivity index (χ2n) is 8.03. The number of sulfonamides is 1. The number of aryl methyl sites for hydroxylation is 1. The molecule has 2 heterocycles. The molecule has 2 aromatic carbocycles. The van der Waals surface area contributed by atoms with Gasteiger partial charge in [0.1, 0.15) is 17.6 Å². The lowest BCUT2D eigenvalue weighted by atomic mass is 10.0. The number of methoxy groups -OCH3 is 1. The van der Waals surface area contributed by atoms with Gasteiger partial charge >= 0.3 is 0 Å². The van der Waals surface area contributed by atoms with Gasteiger partial charge in [-0.15, -0.1) is 0 Å². The van der Waals surface area contributed by atoms with Crippen LogP contribution in [0.25, 0.3) is 0 Å². The second kappa shape index (κ2) is 8.31. The van der Waals surface area contributed by atoms with Gasteiger partial charge in [0.25, 0.3) is 5.91 Å². The summed E-state index contributed by atoms with van der Waals surface area (Å²) < 4.78 is 32.9. The van der Waals surface area contributed by atoms with Crippen LogP contribution in [0.3, 0.4) is 0 Å². The molecule has 9 heteroatoms. The third kappa shape index (κ3) is 4.08. The van der Waals surface area contributed by atoms with Gasteiger partial charge in [0.2, 0.25) is 10.0 Å². The number of hydrogen-bond acceptors (Lipinski definition) is 5. The van der Waals surface area contributed by atoms with Crippen LogP contribution in [0.2, 0.25) is 0 Å². The molecule has 0 aliphatic carbocycles. The number of rotatable bonds is 6. The van der Waals surface area contributed by atoms with Crippen LogP contribution in [-0.4, -0.2) is 43.3 Å². The summed E-state index contributed by atoms with van der Waals surface area (Å²) in [7, 11) is 0.0984. The Hall–Kier alpha value is -3.33. The zero-order valence-corrected chi connectivity index (χ0v) is 19.3. The van der Waals surface area contributed by atoms with E-state index in [1.54, 1.807) is 31.5 Å². The normalized spacial score (nSPS) is 16.5. The minimum absolute atomic E-state index is 0.182. The summed E-state index contributed by atoms with van der Waals surface area (Å²) in [6, 6.07) is 12.0. The molecule has 2 atom stereocenters. The first-order chi connectivity index (χ1) is 15.2. The number of nitrogens with one attached hydrogen (secondary N) is 1. The number of imidazole rings is 1. The largest absolute Gasteiger partial charge is 0.497 e. The summed E-state index contributed by atoms with van der Waals surface area (Å²) in [5.41, 5.74) is 2.81. The van der Waals surface area contributed by atoms with Crippen molar-refractivity contribution in [2.45, 2.75) is 25.4 Å². The van der Waals surface area contributed by atoms with Crippen molar-refractivity contribution in [2.24, 2.45) is 7.05 Å². The Balaban J connectivity index is 1.65. The zero-order chi connectivity index (χ0) is 23.0. The summed E-state index contributed by atoms with van der Waals surface area (Å²) >= 11 is 0. The Morgan fingerprint density at radius 2 is 1.94 bits per heavy atom. The summed E-state index contributed by atoms with van der Waals surface area (Å²) in [5.74, 6) is 1.16. The maximum Gasteiger partial charge on any atom is 0.252 e. The Labute approximate surface area is 187 Å². The third-order valence-corrected chi connectivity index (χ3v) is 6.96. The van der Waals surface area contributed by atoms with Crippen LogP contribution in [-0.2, 0) is 23.5 Å². The van der Waals surface area contributed by atoms with Crippen molar-refractivity contribution in [3.63, 3.8) is 0 Å². The molecular weight excluding hydrogens is 428 g/mol. The van der Waals surface area contributed by atoms with Crippen molar-refractivity contribution in [3.05, 3.63) is 77.4 Å². The first kappa shape index (κ1) is 21.9. The highest BCUT2D eigenvalue weighted by Gasteiger charge is 2.33. The lowest BCUT2D eigenvalue weighted by Crippen LogP contribution is -2.34. The second-order valence-corrected chi connectivity index (χ2v) is 9.89. The van der Waals surface area contributed by atoms with Gasteiger partial charge in [-0.3, -0.25) is 9.10 Å². The molecule has 0 bridgehead atoms. The van der Waals surface area contributed by atoms with Crippen LogP contribution in [0.15, 0.2) is 54.9 Å². The van der Waals surface area contributed by atoms with Crippen molar-refractivity contribution in [1.82, 2.24) is 14.9 Å². The maximum atomic E-state index is 13.2. The molecule has 1 N–H and O–H groups in total. The molecule has 1 amide bonds. The lowest BCUT2D eigenvalue weighted by Gasteiger charge is -2.22. The monoisotopic (exact) mass is 454 g/mol. The first-order valence-corrected chi connectivity index (χ1v) is 12.1. The van der Waals surface area contributed by atoms with Crippen LogP contribution >= 0.6 is 0 Å². The average Bonchev–Trinajstić information content (AvgIpc) is 3.33. The van der Waals surface area contributed by atoms with Crippen LogP contribution in [0.5, 0.6) is 5.75 Å². The van der Waals surface area contributed by atoms with E-state index in [9.17, 15) is 13.2 Å². The number of amides is 1. The molecule has 1 aromatic heterocycles.